The molecule has 2 aliphatic heterocycles. The molecule has 1 saturated heterocycles. The third kappa shape index (κ3) is 8.06. The number of carboxylic acid groups (broad SMARTS) is 1. The molecule has 11 nitrogen and oxygen atoms in total. The molecule has 2 heterocycles. The van der Waals surface area contributed by atoms with Gasteiger partial charge in [0.1, 0.15) is 12.1 Å². The molecule has 1 fully saturated rings. The number of hydrogen-bond acceptors (Lipinski definition) is 6. The number of likely N-dealkylation sites (tertiary alicyclic amines) is 1. The highest BCUT2D eigenvalue weighted by atomic mass is 35.5. The Morgan fingerprint density at radius 1 is 1.00 bits per heavy atom. The Balaban J connectivity index is 1.34. The number of fused-ring (bicyclic) bond motifs is 1. The maximum atomic E-state index is 14.1. The van der Waals surface area contributed by atoms with E-state index >= 15 is 0 Å². The van der Waals surface area contributed by atoms with Crippen molar-refractivity contribution in [1.29, 1.82) is 0 Å². The van der Waals surface area contributed by atoms with Crippen LogP contribution in [0.15, 0.2) is 72.8 Å². The highest BCUT2D eigenvalue weighted by Gasteiger charge is 2.38. The second kappa shape index (κ2) is 14.7. The minimum atomic E-state index is -3.56. The van der Waals surface area contributed by atoms with Crippen LogP contribution in [-0.2, 0) is 39.0 Å². The van der Waals surface area contributed by atoms with Crippen LogP contribution < -0.4 is 15.4 Å². The molecule has 0 radical (unpaired) electrons. The van der Waals surface area contributed by atoms with E-state index in [0.29, 0.717) is 36.6 Å². The first-order chi connectivity index (χ1) is 22.5. The van der Waals surface area contributed by atoms with Crippen LogP contribution in [0.1, 0.15) is 41.0 Å². The van der Waals surface area contributed by atoms with Gasteiger partial charge < -0.3 is 21.1 Å². The van der Waals surface area contributed by atoms with E-state index in [1.54, 1.807) is 41.3 Å². The lowest BCUT2D eigenvalue weighted by atomic mass is 9.88. The molecule has 250 valence electrons. The quantitative estimate of drug-likeness (QED) is 0.296. The largest absolute Gasteiger partial charge is 0.465 e. The number of benzene rings is 3. The van der Waals surface area contributed by atoms with E-state index in [1.165, 1.54) is 4.31 Å². The molecule has 0 unspecified atom stereocenters. The SMILES string of the molecule is CS(=O)(=O)N(CCN)c1ccccc1C1CCN(C(=O)[C@@H](Cc2ccc(Cl)cc2)NC(=O)[C@@H]2Cc3ccccc3CN2C(=O)O)CC1. The van der Waals surface area contributed by atoms with E-state index in [1.807, 2.05) is 36.4 Å². The summed E-state index contributed by atoms with van der Waals surface area (Å²) in [6, 6.07) is 19.9. The van der Waals surface area contributed by atoms with Crippen molar-refractivity contribution in [1.82, 2.24) is 15.1 Å². The average molecular weight is 682 g/mol. The first-order valence-electron chi connectivity index (χ1n) is 15.6. The average Bonchev–Trinajstić information content (AvgIpc) is 3.06. The molecule has 0 aromatic heterocycles. The van der Waals surface area contributed by atoms with Crippen molar-refractivity contribution in [3.05, 3.63) is 100 Å². The lowest BCUT2D eigenvalue weighted by Gasteiger charge is -2.37. The van der Waals surface area contributed by atoms with Crippen molar-refractivity contribution in [3.8, 4) is 0 Å². The molecule has 47 heavy (non-hydrogen) atoms. The lowest BCUT2D eigenvalue weighted by molar-refractivity contribution is -0.138. The number of rotatable bonds is 10. The fourth-order valence-corrected chi connectivity index (χ4v) is 7.64. The predicted molar refractivity (Wildman–Crippen MR) is 181 cm³/mol. The predicted octanol–water partition coefficient (Wildman–Crippen LogP) is 3.60. The number of hydrogen-bond donors (Lipinski definition) is 3. The zero-order valence-electron chi connectivity index (χ0n) is 26.2. The van der Waals surface area contributed by atoms with Gasteiger partial charge in [0.25, 0.3) is 0 Å². The van der Waals surface area contributed by atoms with Crippen LogP contribution in [0, 0.1) is 0 Å². The maximum absolute atomic E-state index is 14.1. The Morgan fingerprint density at radius 2 is 1.64 bits per heavy atom. The van der Waals surface area contributed by atoms with Gasteiger partial charge in [-0.1, -0.05) is 66.2 Å². The Hall–Kier alpha value is -4.13. The summed E-state index contributed by atoms with van der Waals surface area (Å²) in [5.74, 6) is -0.786. The molecule has 0 bridgehead atoms. The van der Waals surface area contributed by atoms with Gasteiger partial charge in [0.05, 0.1) is 18.5 Å². The molecule has 0 spiro atoms. The number of nitrogens with zero attached hydrogens (tertiary/aromatic N) is 3. The minimum Gasteiger partial charge on any atom is -0.465 e. The smallest absolute Gasteiger partial charge is 0.408 e. The number of amides is 3. The number of carbonyl (C=O) groups is 3. The fraction of sp³-hybridized carbons (Fsp3) is 0.382. The van der Waals surface area contributed by atoms with Crippen LogP contribution in [0.25, 0.3) is 0 Å². The van der Waals surface area contributed by atoms with Gasteiger partial charge in [-0.2, -0.15) is 0 Å². The second-order valence-corrected chi connectivity index (χ2v) is 14.4. The van der Waals surface area contributed by atoms with Gasteiger partial charge in [0.15, 0.2) is 0 Å². The van der Waals surface area contributed by atoms with E-state index in [4.69, 9.17) is 17.3 Å². The topological polar surface area (TPSA) is 153 Å². The van der Waals surface area contributed by atoms with Gasteiger partial charge in [-0.15, -0.1) is 0 Å². The number of para-hydroxylation sites is 1. The molecule has 0 saturated carbocycles. The van der Waals surface area contributed by atoms with E-state index in [2.05, 4.69) is 5.32 Å². The second-order valence-electron chi connectivity index (χ2n) is 12.1. The third-order valence-corrected chi connectivity index (χ3v) is 10.4. The van der Waals surface area contributed by atoms with Crippen LogP contribution in [0.4, 0.5) is 10.5 Å². The number of nitrogens with one attached hydrogen (secondary N) is 1. The normalized spacial score (nSPS) is 17.5. The number of anilines is 1. The van der Waals surface area contributed by atoms with Gasteiger partial charge in [-0.3, -0.25) is 18.8 Å². The van der Waals surface area contributed by atoms with Crippen molar-refractivity contribution in [3.63, 3.8) is 0 Å². The van der Waals surface area contributed by atoms with Crippen LogP contribution >= 0.6 is 11.6 Å². The number of halogens is 1. The standard InChI is InChI=1S/C34H40ClN5O6S/c1-47(45,46)40(19-16-36)30-9-5-4-8-28(30)24-14-17-38(18-15-24)33(42)29(20-23-10-12-27(35)13-11-23)37-32(41)31-21-25-6-2-3-7-26(25)22-39(31)34(43)44/h2-13,24,29,31H,14-22,36H2,1H3,(H,37,41)(H,43,44)/t29-,31+/m1/s1. The molecule has 3 aromatic rings. The van der Waals surface area contributed by atoms with Crippen molar-refractivity contribution in [2.75, 3.05) is 36.7 Å². The summed E-state index contributed by atoms with van der Waals surface area (Å²) in [5, 5.41) is 13.4. The Kier molecular flexibility index (Phi) is 10.7. The number of sulfonamides is 1. The molecule has 4 N–H and O–H groups in total. The van der Waals surface area contributed by atoms with Crippen molar-refractivity contribution < 1.29 is 27.9 Å². The van der Waals surface area contributed by atoms with E-state index in [0.717, 1.165) is 33.4 Å². The van der Waals surface area contributed by atoms with Crippen molar-refractivity contribution in [2.24, 2.45) is 5.73 Å². The maximum Gasteiger partial charge on any atom is 0.408 e. The molecule has 5 rings (SSSR count). The third-order valence-electron chi connectivity index (χ3n) is 8.95. The minimum absolute atomic E-state index is 0.00742. The van der Waals surface area contributed by atoms with Crippen LogP contribution in [0.2, 0.25) is 5.02 Å². The first kappa shape index (κ1) is 34.2. The Morgan fingerprint density at radius 3 is 2.28 bits per heavy atom. The Labute approximate surface area is 280 Å². The summed E-state index contributed by atoms with van der Waals surface area (Å²) in [4.78, 5) is 42.9. The Bertz CT molecular complexity index is 1710. The van der Waals surface area contributed by atoms with Crippen molar-refractivity contribution >= 4 is 45.2 Å². The first-order valence-corrected chi connectivity index (χ1v) is 17.9. The van der Waals surface area contributed by atoms with Gasteiger partial charge >= 0.3 is 6.09 Å². The number of carbonyl (C=O) groups excluding carboxylic acids is 2. The zero-order chi connectivity index (χ0) is 33.7. The summed E-state index contributed by atoms with van der Waals surface area (Å²) in [7, 11) is -3.56. The number of piperidine rings is 1. The summed E-state index contributed by atoms with van der Waals surface area (Å²) in [6.45, 7) is 1.21. The monoisotopic (exact) mass is 681 g/mol. The molecular formula is C34H40ClN5O6S. The van der Waals surface area contributed by atoms with Gasteiger partial charge in [-0.05, 0) is 59.2 Å². The molecular weight excluding hydrogens is 642 g/mol. The number of nitrogens with two attached hydrogens (primary N) is 1. The summed E-state index contributed by atoms with van der Waals surface area (Å²) < 4.78 is 26.5. The van der Waals surface area contributed by atoms with Gasteiger partial charge in [0.2, 0.25) is 21.8 Å². The highest BCUT2D eigenvalue weighted by Crippen LogP contribution is 2.36. The molecule has 3 amide bonds. The highest BCUT2D eigenvalue weighted by molar-refractivity contribution is 7.92. The summed E-state index contributed by atoms with van der Waals surface area (Å²) in [5.41, 5.74) is 9.76. The molecule has 3 aromatic carbocycles. The van der Waals surface area contributed by atoms with E-state index in [9.17, 15) is 27.9 Å². The van der Waals surface area contributed by atoms with E-state index in [-0.39, 0.29) is 44.3 Å². The van der Waals surface area contributed by atoms with Crippen LogP contribution in [0.3, 0.4) is 0 Å². The molecule has 2 atom stereocenters. The van der Waals surface area contributed by atoms with Gasteiger partial charge in [0, 0.05) is 44.0 Å². The summed E-state index contributed by atoms with van der Waals surface area (Å²) in [6.07, 6.45) is 1.55. The van der Waals surface area contributed by atoms with Crippen molar-refractivity contribution in [2.45, 2.75) is 50.2 Å². The molecule has 2 aliphatic rings. The molecule has 0 aliphatic carbocycles. The van der Waals surface area contributed by atoms with Gasteiger partial charge in [-0.25, -0.2) is 13.2 Å². The molecule has 13 heteroatoms. The zero-order valence-corrected chi connectivity index (χ0v) is 27.8. The summed E-state index contributed by atoms with van der Waals surface area (Å²) >= 11 is 6.09. The van der Waals surface area contributed by atoms with Crippen LogP contribution in [-0.4, -0.2) is 85.8 Å². The van der Waals surface area contributed by atoms with Crippen LogP contribution in [0.5, 0.6) is 0 Å². The van der Waals surface area contributed by atoms with E-state index < -0.39 is 34.1 Å². The fourth-order valence-electron chi connectivity index (χ4n) is 6.56. The lowest BCUT2D eigenvalue weighted by Crippen LogP contribution is -2.58.